The number of carbonyl (C=O) groups excluding carboxylic acids is 2. The molecule has 1 heterocycles. The first-order valence-electron chi connectivity index (χ1n) is 15.3. The molecule has 4 aromatic rings. The predicted molar refractivity (Wildman–Crippen MR) is 191 cm³/mol. The minimum absolute atomic E-state index is 0.0375. The van der Waals surface area contributed by atoms with Crippen molar-refractivity contribution in [2.24, 2.45) is 5.18 Å². The molecule has 0 atom stereocenters. The van der Waals surface area contributed by atoms with E-state index in [0.717, 1.165) is 9.99 Å². The van der Waals surface area contributed by atoms with Gasteiger partial charge in [-0.3, -0.25) is 4.79 Å². The van der Waals surface area contributed by atoms with E-state index in [9.17, 15) is 22.9 Å². The van der Waals surface area contributed by atoms with Crippen molar-refractivity contribution in [1.82, 2.24) is 9.21 Å². The summed E-state index contributed by atoms with van der Waals surface area (Å²) in [5, 5.41) is 9.23. The number of hydrogen-bond acceptors (Lipinski definition) is 8. The Morgan fingerprint density at radius 1 is 0.857 bits per heavy atom. The van der Waals surface area contributed by atoms with Crippen LogP contribution < -0.4 is 20.3 Å². The summed E-state index contributed by atoms with van der Waals surface area (Å²) in [5.74, 6) is 0.229. The van der Waals surface area contributed by atoms with Crippen molar-refractivity contribution in [2.45, 2.75) is 17.9 Å². The lowest BCUT2D eigenvalue weighted by atomic mass is 10.2. The average molecular weight is 726 g/mol. The molecular weight excluding hydrogens is 691 g/mol. The van der Waals surface area contributed by atoms with Crippen LogP contribution >= 0.6 is 23.2 Å². The fraction of sp³-hybridized carbons (Fsp3) is 0.235. The van der Waals surface area contributed by atoms with Crippen molar-refractivity contribution >= 4 is 67.9 Å². The highest BCUT2D eigenvalue weighted by Crippen LogP contribution is 2.31. The lowest BCUT2D eigenvalue weighted by Crippen LogP contribution is -2.50. The van der Waals surface area contributed by atoms with Gasteiger partial charge in [-0.2, -0.15) is 4.31 Å². The third-order valence-electron chi connectivity index (χ3n) is 7.97. The molecule has 256 valence electrons. The van der Waals surface area contributed by atoms with E-state index in [2.05, 4.69) is 20.7 Å². The highest BCUT2D eigenvalue weighted by atomic mass is 35.5. The zero-order valence-corrected chi connectivity index (χ0v) is 28.8. The van der Waals surface area contributed by atoms with Gasteiger partial charge in [0.05, 0.1) is 22.8 Å². The summed E-state index contributed by atoms with van der Waals surface area (Å²) in [4.78, 5) is 40.8. The number of methoxy groups -OCH3 is 1. The van der Waals surface area contributed by atoms with Crippen LogP contribution in [0.15, 0.2) is 101 Å². The summed E-state index contributed by atoms with van der Waals surface area (Å²) in [7, 11) is -2.66. The number of halogens is 2. The lowest BCUT2D eigenvalue weighted by Gasteiger charge is -2.36. The van der Waals surface area contributed by atoms with Gasteiger partial charge < -0.3 is 25.2 Å². The van der Waals surface area contributed by atoms with E-state index in [4.69, 9.17) is 27.9 Å². The monoisotopic (exact) mass is 724 g/mol. The Hall–Kier alpha value is -4.69. The molecule has 15 heteroatoms. The second kappa shape index (κ2) is 16.1. The number of anilines is 3. The molecule has 5 rings (SSSR count). The number of urea groups is 1. The number of nitroso groups, excluding NO2 is 1. The van der Waals surface area contributed by atoms with Gasteiger partial charge in [-0.15, -0.1) is 4.91 Å². The Morgan fingerprint density at radius 2 is 1.51 bits per heavy atom. The SMILES string of the molecule is COc1ccc(CN(CCC(=O)Nc2ccc(N3CCN(C(=O)Nc4c(Cl)cccc4Cl)CC3)cc2)S(=O)(=O)c2ccccc2N=O)cc1. The van der Waals surface area contributed by atoms with Crippen LogP contribution in [0.25, 0.3) is 0 Å². The first-order chi connectivity index (χ1) is 23.6. The number of ether oxygens (including phenoxy) is 1. The van der Waals surface area contributed by atoms with Gasteiger partial charge in [-0.05, 0) is 71.4 Å². The topological polar surface area (TPSA) is 141 Å². The van der Waals surface area contributed by atoms with Crippen LogP contribution in [0.1, 0.15) is 12.0 Å². The van der Waals surface area contributed by atoms with Crippen LogP contribution in [-0.2, 0) is 21.4 Å². The number of sulfonamides is 1. The van der Waals surface area contributed by atoms with Crippen molar-refractivity contribution < 1.29 is 22.7 Å². The molecule has 0 aliphatic carbocycles. The fourth-order valence-electron chi connectivity index (χ4n) is 5.28. The molecule has 1 saturated heterocycles. The minimum atomic E-state index is -4.19. The van der Waals surface area contributed by atoms with Crippen LogP contribution in [0.5, 0.6) is 5.75 Å². The second-order valence-electron chi connectivity index (χ2n) is 11.1. The first-order valence-corrected chi connectivity index (χ1v) is 17.5. The zero-order valence-electron chi connectivity index (χ0n) is 26.5. The maximum Gasteiger partial charge on any atom is 0.322 e. The number of rotatable bonds is 12. The van der Waals surface area contributed by atoms with E-state index >= 15 is 0 Å². The van der Waals surface area contributed by atoms with E-state index in [1.807, 2.05) is 12.1 Å². The Morgan fingerprint density at radius 3 is 2.14 bits per heavy atom. The van der Waals surface area contributed by atoms with Crippen LogP contribution in [-0.4, -0.2) is 69.4 Å². The molecule has 1 aliphatic heterocycles. The molecule has 3 amide bonds. The van der Waals surface area contributed by atoms with Gasteiger partial charge in [0.2, 0.25) is 15.9 Å². The normalized spacial score (nSPS) is 13.2. The van der Waals surface area contributed by atoms with Gasteiger partial charge in [0.15, 0.2) is 0 Å². The molecule has 49 heavy (non-hydrogen) atoms. The lowest BCUT2D eigenvalue weighted by molar-refractivity contribution is -0.116. The minimum Gasteiger partial charge on any atom is -0.497 e. The quantitative estimate of drug-likeness (QED) is 0.150. The van der Waals surface area contributed by atoms with E-state index in [-0.39, 0.29) is 42.0 Å². The number of benzene rings is 4. The molecule has 0 bridgehead atoms. The van der Waals surface area contributed by atoms with Crippen molar-refractivity contribution in [3.05, 3.63) is 112 Å². The molecule has 0 radical (unpaired) electrons. The molecule has 12 nitrogen and oxygen atoms in total. The van der Waals surface area contributed by atoms with Crippen molar-refractivity contribution in [3.63, 3.8) is 0 Å². The molecule has 1 fully saturated rings. The van der Waals surface area contributed by atoms with Gasteiger partial charge in [0, 0.05) is 57.1 Å². The zero-order chi connectivity index (χ0) is 35.0. The summed E-state index contributed by atoms with van der Waals surface area (Å²) >= 11 is 12.4. The Labute approximate surface area is 294 Å². The summed E-state index contributed by atoms with van der Waals surface area (Å²) < 4.78 is 33.7. The molecule has 0 spiro atoms. The predicted octanol–water partition coefficient (Wildman–Crippen LogP) is 6.97. The average Bonchev–Trinajstić information content (AvgIpc) is 3.12. The second-order valence-corrected chi connectivity index (χ2v) is 13.8. The molecule has 2 N–H and O–H groups in total. The Kier molecular flexibility index (Phi) is 11.7. The molecule has 1 aliphatic rings. The van der Waals surface area contributed by atoms with Crippen LogP contribution in [0.3, 0.4) is 0 Å². The Balaban J connectivity index is 1.18. The smallest absolute Gasteiger partial charge is 0.322 e. The maximum atomic E-state index is 13.7. The maximum absolute atomic E-state index is 13.7. The summed E-state index contributed by atoms with van der Waals surface area (Å²) in [5.41, 5.74) is 2.31. The van der Waals surface area contributed by atoms with Crippen molar-refractivity contribution in [2.75, 3.05) is 55.4 Å². The van der Waals surface area contributed by atoms with Gasteiger partial charge in [-0.1, -0.05) is 53.5 Å². The third-order valence-corrected chi connectivity index (χ3v) is 10.5. The molecule has 0 aromatic heterocycles. The van der Waals surface area contributed by atoms with Gasteiger partial charge in [-0.25, -0.2) is 13.2 Å². The van der Waals surface area contributed by atoms with Crippen LogP contribution in [0.2, 0.25) is 10.0 Å². The largest absolute Gasteiger partial charge is 0.497 e. The van der Waals surface area contributed by atoms with E-state index in [1.54, 1.807) is 59.5 Å². The number of amides is 3. The van der Waals surface area contributed by atoms with E-state index in [0.29, 0.717) is 58.9 Å². The van der Waals surface area contributed by atoms with Crippen LogP contribution in [0.4, 0.5) is 27.5 Å². The molecule has 0 unspecified atom stereocenters. The van der Waals surface area contributed by atoms with Crippen molar-refractivity contribution in [3.8, 4) is 5.75 Å². The number of nitrogens with zero attached hydrogens (tertiary/aromatic N) is 4. The fourth-order valence-corrected chi connectivity index (χ4v) is 7.33. The standard InChI is InChI=1S/C34H34Cl2N6O6S/c1-48-27-15-9-24(10-16-27)23-42(49(46,47)31-8-3-2-7-30(31)39-45)18-17-32(43)37-25-11-13-26(14-12-25)40-19-21-41(22-20-40)34(44)38-33-28(35)5-4-6-29(33)36/h2-16H,17-23H2,1H3,(H,37,43)(H,38,44). The highest BCUT2D eigenvalue weighted by Gasteiger charge is 2.28. The first kappa shape index (κ1) is 35.6. The summed E-state index contributed by atoms with van der Waals surface area (Å²) in [6.45, 7) is 1.97. The molecule has 4 aromatic carbocycles. The number of nitrogens with one attached hydrogen (secondary N) is 2. The summed E-state index contributed by atoms with van der Waals surface area (Å²) in [6.07, 6.45) is -0.142. The number of piperazine rings is 1. The van der Waals surface area contributed by atoms with E-state index < -0.39 is 10.0 Å². The van der Waals surface area contributed by atoms with Gasteiger partial charge >= 0.3 is 6.03 Å². The number of hydrogen-bond donors (Lipinski definition) is 2. The third kappa shape index (κ3) is 8.86. The van der Waals surface area contributed by atoms with Crippen LogP contribution in [0, 0.1) is 4.91 Å². The number of para-hydroxylation sites is 1. The summed E-state index contributed by atoms with van der Waals surface area (Å²) in [6, 6.07) is 24.6. The molecule has 0 saturated carbocycles. The molecular formula is C34H34Cl2N6O6S. The van der Waals surface area contributed by atoms with Gasteiger partial charge in [0.1, 0.15) is 16.3 Å². The highest BCUT2D eigenvalue weighted by molar-refractivity contribution is 7.89. The van der Waals surface area contributed by atoms with Crippen molar-refractivity contribution in [1.29, 1.82) is 0 Å². The van der Waals surface area contributed by atoms with E-state index in [1.165, 1.54) is 31.4 Å². The number of carbonyl (C=O) groups is 2. The van der Waals surface area contributed by atoms with Gasteiger partial charge in [0.25, 0.3) is 0 Å². The Bertz CT molecular complexity index is 1880.